The van der Waals surface area contributed by atoms with Crippen molar-refractivity contribution < 1.29 is 14.6 Å². The van der Waals surface area contributed by atoms with Gasteiger partial charge in [-0.3, -0.25) is 4.98 Å². The molecule has 0 aliphatic carbocycles. The van der Waals surface area contributed by atoms with Crippen LogP contribution < -0.4 is 9.64 Å². The van der Waals surface area contributed by atoms with E-state index in [1.807, 2.05) is 32.0 Å². The molecule has 100 valence electrons. The van der Waals surface area contributed by atoms with Crippen LogP contribution in [0.4, 0.5) is 5.69 Å². The number of nitrogens with zero attached hydrogens (tertiary/aromatic N) is 2. The average Bonchev–Trinajstić information content (AvgIpc) is 2.35. The first-order valence-corrected chi connectivity index (χ1v) is 5.84. The summed E-state index contributed by atoms with van der Waals surface area (Å²) in [5.74, 6) is -0.676. The lowest BCUT2D eigenvalue weighted by atomic mass is 10.0. The van der Waals surface area contributed by atoms with Gasteiger partial charge in [-0.05, 0) is 25.1 Å². The lowest BCUT2D eigenvalue weighted by Crippen LogP contribution is -2.12. The van der Waals surface area contributed by atoms with Gasteiger partial charge in [0.25, 0.3) is 0 Å². The summed E-state index contributed by atoms with van der Waals surface area (Å²) in [5.41, 5.74) is 2.47. The van der Waals surface area contributed by atoms with E-state index < -0.39 is 5.97 Å². The van der Waals surface area contributed by atoms with Gasteiger partial charge in [0.1, 0.15) is 11.3 Å². The van der Waals surface area contributed by atoms with Crippen molar-refractivity contribution >= 4 is 22.6 Å². The number of anilines is 1. The SMILES string of the molecule is COc1ccc2nc(C)cc(N(C)C)c2c1C(=O)O. The Balaban J connectivity index is 2.97. The number of pyridine rings is 1. The number of benzene rings is 1. The van der Waals surface area contributed by atoms with Crippen LogP contribution in [0.15, 0.2) is 18.2 Å². The van der Waals surface area contributed by atoms with E-state index in [0.29, 0.717) is 16.7 Å². The van der Waals surface area contributed by atoms with Crippen LogP contribution in [0, 0.1) is 6.92 Å². The molecule has 5 nitrogen and oxygen atoms in total. The molecule has 5 heteroatoms. The predicted octanol–water partition coefficient (Wildman–Crippen LogP) is 2.32. The van der Waals surface area contributed by atoms with Crippen molar-refractivity contribution in [3.63, 3.8) is 0 Å². The van der Waals surface area contributed by atoms with Gasteiger partial charge in [0.05, 0.1) is 12.6 Å². The number of fused-ring (bicyclic) bond motifs is 1. The summed E-state index contributed by atoms with van der Waals surface area (Å²) in [6.07, 6.45) is 0. The first-order valence-electron chi connectivity index (χ1n) is 5.84. The fraction of sp³-hybridized carbons (Fsp3) is 0.286. The van der Waals surface area contributed by atoms with Crippen LogP contribution in [0.2, 0.25) is 0 Å². The summed E-state index contributed by atoms with van der Waals surface area (Å²) in [6, 6.07) is 5.28. The molecule has 0 aliphatic heterocycles. The van der Waals surface area contributed by atoms with Crippen molar-refractivity contribution in [1.82, 2.24) is 4.98 Å². The van der Waals surface area contributed by atoms with E-state index in [1.165, 1.54) is 7.11 Å². The van der Waals surface area contributed by atoms with Crippen LogP contribution in [0.25, 0.3) is 10.9 Å². The molecular formula is C14H16N2O3. The maximum absolute atomic E-state index is 11.5. The summed E-state index contributed by atoms with van der Waals surface area (Å²) < 4.78 is 5.15. The molecule has 0 unspecified atom stereocenters. The largest absolute Gasteiger partial charge is 0.496 e. The molecule has 0 radical (unpaired) electrons. The van der Waals surface area contributed by atoms with Gasteiger partial charge in [-0.25, -0.2) is 4.79 Å². The third-order valence-electron chi connectivity index (χ3n) is 2.96. The number of aryl methyl sites for hydroxylation is 1. The summed E-state index contributed by atoms with van der Waals surface area (Å²) in [7, 11) is 5.21. The molecular weight excluding hydrogens is 244 g/mol. The summed E-state index contributed by atoms with van der Waals surface area (Å²) in [5, 5.41) is 10.0. The van der Waals surface area contributed by atoms with E-state index in [2.05, 4.69) is 4.98 Å². The lowest BCUT2D eigenvalue weighted by Gasteiger charge is -2.18. The van der Waals surface area contributed by atoms with Gasteiger partial charge in [-0.1, -0.05) is 0 Å². The Hall–Kier alpha value is -2.30. The maximum Gasteiger partial charge on any atom is 0.340 e. The number of aromatic nitrogens is 1. The van der Waals surface area contributed by atoms with E-state index in [1.54, 1.807) is 12.1 Å². The maximum atomic E-state index is 11.5. The number of hydrogen-bond donors (Lipinski definition) is 1. The second-order valence-corrected chi connectivity index (χ2v) is 4.52. The van der Waals surface area contributed by atoms with Crippen LogP contribution in [-0.2, 0) is 0 Å². The minimum Gasteiger partial charge on any atom is -0.496 e. The zero-order valence-electron chi connectivity index (χ0n) is 11.4. The van der Waals surface area contributed by atoms with Crippen molar-refractivity contribution in [3.05, 3.63) is 29.5 Å². The van der Waals surface area contributed by atoms with Crippen LogP contribution in [0.1, 0.15) is 16.1 Å². The van der Waals surface area contributed by atoms with Gasteiger partial charge < -0.3 is 14.7 Å². The molecule has 19 heavy (non-hydrogen) atoms. The molecule has 0 aliphatic rings. The number of carbonyl (C=O) groups is 1. The molecule has 1 aromatic carbocycles. The van der Waals surface area contributed by atoms with E-state index in [9.17, 15) is 9.90 Å². The topological polar surface area (TPSA) is 62.7 Å². The zero-order valence-corrected chi connectivity index (χ0v) is 11.4. The average molecular weight is 260 g/mol. The smallest absolute Gasteiger partial charge is 0.340 e. The second-order valence-electron chi connectivity index (χ2n) is 4.52. The predicted molar refractivity (Wildman–Crippen MR) is 74.3 cm³/mol. The number of methoxy groups -OCH3 is 1. The molecule has 2 rings (SSSR count). The molecule has 0 spiro atoms. The fourth-order valence-corrected chi connectivity index (χ4v) is 2.15. The molecule has 0 saturated carbocycles. The van der Waals surface area contributed by atoms with Crippen LogP contribution >= 0.6 is 0 Å². The van der Waals surface area contributed by atoms with Gasteiger partial charge in [0, 0.05) is 30.9 Å². The Kier molecular flexibility index (Phi) is 3.29. The quantitative estimate of drug-likeness (QED) is 0.917. The minimum absolute atomic E-state index is 0.149. The van der Waals surface area contributed by atoms with Crippen LogP contribution in [-0.4, -0.2) is 37.3 Å². The van der Waals surface area contributed by atoms with E-state index in [0.717, 1.165) is 11.4 Å². The third-order valence-corrected chi connectivity index (χ3v) is 2.96. The lowest BCUT2D eigenvalue weighted by molar-refractivity contribution is 0.0695. The monoisotopic (exact) mass is 260 g/mol. The highest BCUT2D eigenvalue weighted by molar-refractivity contribution is 6.10. The minimum atomic E-state index is -1.02. The van der Waals surface area contributed by atoms with Gasteiger partial charge in [-0.15, -0.1) is 0 Å². The van der Waals surface area contributed by atoms with Gasteiger partial charge in [-0.2, -0.15) is 0 Å². The highest BCUT2D eigenvalue weighted by atomic mass is 16.5. The van der Waals surface area contributed by atoms with Crippen LogP contribution in [0.5, 0.6) is 5.75 Å². The number of carboxylic acid groups (broad SMARTS) is 1. The molecule has 0 bridgehead atoms. The summed E-state index contributed by atoms with van der Waals surface area (Å²) >= 11 is 0. The van der Waals surface area contributed by atoms with Gasteiger partial charge in [0.2, 0.25) is 0 Å². The van der Waals surface area contributed by atoms with Crippen molar-refractivity contribution in [2.45, 2.75) is 6.92 Å². The van der Waals surface area contributed by atoms with Crippen molar-refractivity contribution in [1.29, 1.82) is 0 Å². The van der Waals surface area contributed by atoms with Gasteiger partial charge >= 0.3 is 5.97 Å². The molecule has 0 amide bonds. The first kappa shape index (κ1) is 13.1. The normalized spacial score (nSPS) is 10.5. The Morgan fingerprint density at radius 2 is 2.05 bits per heavy atom. The third kappa shape index (κ3) is 2.19. The van der Waals surface area contributed by atoms with Gasteiger partial charge in [0.15, 0.2) is 0 Å². The Bertz CT molecular complexity index is 651. The first-order chi connectivity index (χ1) is 8.95. The Morgan fingerprint density at radius 3 is 2.58 bits per heavy atom. The number of hydrogen-bond acceptors (Lipinski definition) is 4. The van der Waals surface area contributed by atoms with Crippen molar-refractivity contribution in [2.24, 2.45) is 0 Å². The molecule has 0 saturated heterocycles. The number of ether oxygens (including phenoxy) is 1. The van der Waals surface area contributed by atoms with E-state index >= 15 is 0 Å². The highest BCUT2D eigenvalue weighted by Crippen LogP contribution is 2.34. The summed E-state index contributed by atoms with van der Waals surface area (Å²) in [4.78, 5) is 17.8. The fourth-order valence-electron chi connectivity index (χ4n) is 2.15. The highest BCUT2D eigenvalue weighted by Gasteiger charge is 2.20. The molecule has 1 N–H and O–H groups in total. The van der Waals surface area contributed by atoms with E-state index in [-0.39, 0.29) is 5.56 Å². The molecule has 1 heterocycles. The molecule has 1 aromatic heterocycles. The number of rotatable bonds is 3. The number of aromatic carboxylic acids is 1. The summed E-state index contributed by atoms with van der Waals surface area (Å²) in [6.45, 7) is 1.89. The standard InChI is InChI=1S/C14H16N2O3/c1-8-7-10(16(2)3)12-9(15-8)5-6-11(19-4)13(12)14(17)18/h5-7H,1-4H3,(H,17,18). The molecule has 0 fully saturated rings. The zero-order chi connectivity index (χ0) is 14.2. The Morgan fingerprint density at radius 1 is 1.37 bits per heavy atom. The van der Waals surface area contributed by atoms with Crippen molar-refractivity contribution in [3.8, 4) is 5.75 Å². The Labute approximate surface area is 111 Å². The van der Waals surface area contributed by atoms with Crippen molar-refractivity contribution in [2.75, 3.05) is 26.1 Å². The molecule has 0 atom stereocenters. The van der Waals surface area contributed by atoms with Crippen LogP contribution in [0.3, 0.4) is 0 Å². The number of carboxylic acids is 1. The van der Waals surface area contributed by atoms with E-state index in [4.69, 9.17) is 4.74 Å². The molecule has 2 aromatic rings. The second kappa shape index (κ2) is 4.76.